The molecular formula is C14H26N4. The van der Waals surface area contributed by atoms with Crippen molar-refractivity contribution in [2.75, 3.05) is 24.2 Å². The Morgan fingerprint density at radius 3 is 2.56 bits per heavy atom. The lowest BCUT2D eigenvalue weighted by Crippen LogP contribution is -2.23. The molecule has 0 bridgehead atoms. The maximum Gasteiger partial charge on any atom is 0.146 e. The van der Waals surface area contributed by atoms with E-state index in [9.17, 15) is 0 Å². The zero-order chi connectivity index (χ0) is 13.4. The zero-order valence-corrected chi connectivity index (χ0v) is 12.1. The van der Waals surface area contributed by atoms with Crippen molar-refractivity contribution in [3.05, 3.63) is 12.4 Å². The fraction of sp³-hybridized carbons (Fsp3) is 0.714. The molecule has 0 spiro atoms. The van der Waals surface area contributed by atoms with Crippen LogP contribution in [0.1, 0.15) is 46.5 Å². The normalized spacial score (nSPS) is 11.3. The molecule has 0 atom stereocenters. The van der Waals surface area contributed by atoms with Crippen LogP contribution in [0.4, 0.5) is 11.6 Å². The van der Waals surface area contributed by atoms with Gasteiger partial charge in [0.1, 0.15) is 11.6 Å². The van der Waals surface area contributed by atoms with Crippen molar-refractivity contribution in [1.29, 1.82) is 0 Å². The minimum atomic E-state index is 0.298. The molecule has 0 fully saturated rings. The Labute approximate surface area is 111 Å². The van der Waals surface area contributed by atoms with E-state index in [0.717, 1.165) is 18.2 Å². The van der Waals surface area contributed by atoms with E-state index in [0.29, 0.717) is 5.41 Å². The second-order valence-electron chi connectivity index (χ2n) is 5.51. The lowest BCUT2D eigenvalue weighted by atomic mass is 9.87. The fourth-order valence-electron chi connectivity index (χ4n) is 1.84. The van der Waals surface area contributed by atoms with E-state index < -0.39 is 0 Å². The molecule has 0 aliphatic heterocycles. The minimum Gasteiger partial charge on any atom is -0.372 e. The van der Waals surface area contributed by atoms with Gasteiger partial charge in [-0.05, 0) is 11.8 Å². The highest BCUT2D eigenvalue weighted by molar-refractivity contribution is 5.41. The largest absolute Gasteiger partial charge is 0.372 e. The monoisotopic (exact) mass is 250 g/mol. The van der Waals surface area contributed by atoms with E-state index in [2.05, 4.69) is 41.4 Å². The molecule has 18 heavy (non-hydrogen) atoms. The van der Waals surface area contributed by atoms with Crippen molar-refractivity contribution < 1.29 is 0 Å². The van der Waals surface area contributed by atoms with E-state index >= 15 is 0 Å². The Morgan fingerprint density at radius 1 is 1.17 bits per heavy atom. The number of hydrogen-bond donors (Lipinski definition) is 2. The fourth-order valence-corrected chi connectivity index (χ4v) is 1.84. The van der Waals surface area contributed by atoms with Gasteiger partial charge in [0.15, 0.2) is 0 Å². The van der Waals surface area contributed by atoms with E-state index in [1.807, 2.05) is 7.05 Å². The van der Waals surface area contributed by atoms with Gasteiger partial charge in [0, 0.05) is 13.6 Å². The molecule has 0 amide bonds. The van der Waals surface area contributed by atoms with Gasteiger partial charge < -0.3 is 10.6 Å². The van der Waals surface area contributed by atoms with Crippen LogP contribution in [0.25, 0.3) is 0 Å². The summed E-state index contributed by atoms with van der Waals surface area (Å²) < 4.78 is 0. The third-order valence-electron chi connectivity index (χ3n) is 3.10. The maximum atomic E-state index is 4.41. The lowest BCUT2D eigenvalue weighted by molar-refractivity contribution is 0.342. The van der Waals surface area contributed by atoms with Crippen LogP contribution in [-0.4, -0.2) is 23.6 Å². The molecule has 0 radical (unpaired) electrons. The number of unbranched alkanes of at least 4 members (excludes halogenated alkanes) is 2. The van der Waals surface area contributed by atoms with Crippen LogP contribution in [0.5, 0.6) is 0 Å². The summed E-state index contributed by atoms with van der Waals surface area (Å²) in [5.41, 5.74) is 0.298. The van der Waals surface area contributed by atoms with Crippen molar-refractivity contribution in [2.45, 2.75) is 46.5 Å². The number of aromatic nitrogens is 2. The van der Waals surface area contributed by atoms with Crippen molar-refractivity contribution in [2.24, 2.45) is 5.41 Å². The second-order valence-corrected chi connectivity index (χ2v) is 5.51. The summed E-state index contributed by atoms with van der Waals surface area (Å²) in [4.78, 5) is 8.55. The van der Waals surface area contributed by atoms with Gasteiger partial charge in [-0.2, -0.15) is 0 Å². The van der Waals surface area contributed by atoms with Crippen LogP contribution in [0.15, 0.2) is 12.4 Å². The van der Waals surface area contributed by atoms with E-state index in [1.54, 1.807) is 12.4 Å². The van der Waals surface area contributed by atoms with E-state index in [1.165, 1.54) is 25.7 Å². The van der Waals surface area contributed by atoms with Gasteiger partial charge in [-0.1, -0.05) is 40.0 Å². The summed E-state index contributed by atoms with van der Waals surface area (Å²) in [5, 5.41) is 6.37. The molecule has 1 heterocycles. The SMILES string of the molecule is CCCCCC(C)(C)CNc1cncc(NC)n1. The smallest absolute Gasteiger partial charge is 0.146 e. The molecule has 2 N–H and O–H groups in total. The first kappa shape index (κ1) is 14.7. The molecule has 0 aromatic carbocycles. The number of rotatable bonds is 8. The van der Waals surface area contributed by atoms with Crippen molar-refractivity contribution >= 4 is 11.6 Å². The molecule has 1 aromatic rings. The molecule has 0 saturated heterocycles. The second kappa shape index (κ2) is 7.19. The quantitative estimate of drug-likeness (QED) is 0.693. The predicted octanol–water partition coefficient (Wildman–Crippen LogP) is 3.54. The van der Waals surface area contributed by atoms with Crippen LogP contribution in [0.2, 0.25) is 0 Å². The molecule has 4 nitrogen and oxygen atoms in total. The molecule has 0 aliphatic carbocycles. The average Bonchev–Trinajstić information content (AvgIpc) is 2.37. The molecule has 4 heteroatoms. The summed E-state index contributed by atoms with van der Waals surface area (Å²) >= 11 is 0. The van der Waals surface area contributed by atoms with Crippen LogP contribution in [0.3, 0.4) is 0 Å². The van der Waals surface area contributed by atoms with Crippen LogP contribution >= 0.6 is 0 Å². The summed E-state index contributed by atoms with van der Waals surface area (Å²) in [6.07, 6.45) is 8.62. The van der Waals surface area contributed by atoms with Gasteiger partial charge in [0.2, 0.25) is 0 Å². The number of hydrogen-bond acceptors (Lipinski definition) is 4. The zero-order valence-electron chi connectivity index (χ0n) is 12.1. The average molecular weight is 250 g/mol. The van der Waals surface area contributed by atoms with Gasteiger partial charge in [-0.15, -0.1) is 0 Å². The highest BCUT2D eigenvalue weighted by Crippen LogP contribution is 2.24. The third kappa shape index (κ3) is 5.34. The Balaban J connectivity index is 2.42. The highest BCUT2D eigenvalue weighted by atomic mass is 15.1. The predicted molar refractivity (Wildman–Crippen MR) is 78.0 cm³/mol. The minimum absolute atomic E-state index is 0.298. The molecule has 0 saturated carbocycles. The summed E-state index contributed by atoms with van der Waals surface area (Å²) in [6, 6.07) is 0. The summed E-state index contributed by atoms with van der Waals surface area (Å²) in [7, 11) is 1.85. The van der Waals surface area contributed by atoms with Crippen molar-refractivity contribution in [1.82, 2.24) is 9.97 Å². The number of anilines is 2. The summed E-state index contributed by atoms with van der Waals surface area (Å²) in [5.74, 6) is 1.63. The van der Waals surface area contributed by atoms with Gasteiger partial charge in [0.25, 0.3) is 0 Å². The summed E-state index contributed by atoms with van der Waals surface area (Å²) in [6.45, 7) is 7.76. The standard InChI is InChI=1S/C14H26N4/c1-5-6-7-8-14(2,3)11-17-13-10-16-9-12(15-4)18-13/h9-10H,5-8,11H2,1-4H3,(H2,15,17,18). The van der Waals surface area contributed by atoms with Crippen molar-refractivity contribution in [3.63, 3.8) is 0 Å². The van der Waals surface area contributed by atoms with Crippen LogP contribution in [0, 0.1) is 5.41 Å². The highest BCUT2D eigenvalue weighted by Gasteiger charge is 2.17. The first-order chi connectivity index (χ1) is 8.57. The van der Waals surface area contributed by atoms with E-state index in [4.69, 9.17) is 0 Å². The molecule has 0 unspecified atom stereocenters. The molecule has 102 valence electrons. The van der Waals surface area contributed by atoms with Gasteiger partial charge in [-0.25, -0.2) is 4.98 Å². The van der Waals surface area contributed by atoms with Crippen LogP contribution < -0.4 is 10.6 Å². The lowest BCUT2D eigenvalue weighted by Gasteiger charge is -2.25. The van der Waals surface area contributed by atoms with Crippen molar-refractivity contribution in [3.8, 4) is 0 Å². The first-order valence-corrected chi connectivity index (χ1v) is 6.81. The Bertz CT molecular complexity index is 349. The van der Waals surface area contributed by atoms with E-state index in [-0.39, 0.29) is 0 Å². The Hall–Kier alpha value is -1.32. The maximum absolute atomic E-state index is 4.41. The van der Waals surface area contributed by atoms with Crippen LogP contribution in [-0.2, 0) is 0 Å². The Morgan fingerprint density at radius 2 is 1.89 bits per heavy atom. The number of nitrogens with zero attached hydrogens (tertiary/aromatic N) is 2. The number of nitrogens with one attached hydrogen (secondary N) is 2. The Kier molecular flexibility index (Phi) is 5.89. The third-order valence-corrected chi connectivity index (χ3v) is 3.10. The molecule has 1 rings (SSSR count). The molecular weight excluding hydrogens is 224 g/mol. The first-order valence-electron chi connectivity index (χ1n) is 6.81. The van der Waals surface area contributed by atoms with Gasteiger partial charge in [-0.3, -0.25) is 4.98 Å². The topological polar surface area (TPSA) is 49.8 Å². The molecule has 1 aromatic heterocycles. The van der Waals surface area contributed by atoms with Gasteiger partial charge in [0.05, 0.1) is 12.4 Å². The molecule has 0 aliphatic rings. The van der Waals surface area contributed by atoms with Gasteiger partial charge >= 0.3 is 0 Å².